The average Bonchev–Trinajstić information content (AvgIpc) is 3.59. The molecule has 4 aromatic rings. The summed E-state index contributed by atoms with van der Waals surface area (Å²) in [6.07, 6.45) is 3.87. The lowest BCUT2D eigenvalue weighted by Crippen LogP contribution is -2.03. The molecule has 2 aliphatic rings. The van der Waals surface area contributed by atoms with E-state index in [0.717, 1.165) is 43.4 Å². The number of para-hydroxylation sites is 2. The van der Waals surface area contributed by atoms with Gasteiger partial charge in [0.05, 0.1) is 11.1 Å². The first-order valence-corrected chi connectivity index (χ1v) is 11.8. The number of thiophene rings is 2. The van der Waals surface area contributed by atoms with Crippen LogP contribution in [0.3, 0.4) is 0 Å². The summed E-state index contributed by atoms with van der Waals surface area (Å²) in [6.45, 7) is 0. The smallest absolute Gasteiger partial charge is 0.256 e. The Morgan fingerprint density at radius 1 is 0.562 bits per heavy atom. The number of hydrogen-bond donors (Lipinski definition) is 2. The number of anilines is 2. The van der Waals surface area contributed by atoms with E-state index in [1.54, 1.807) is 22.7 Å². The average molecular weight is 455 g/mol. The molecular weight excluding hydrogens is 436 g/mol. The van der Waals surface area contributed by atoms with Gasteiger partial charge in [0, 0.05) is 32.3 Å². The lowest BCUT2D eigenvalue weighted by atomic mass is 10.1. The van der Waals surface area contributed by atoms with Crippen molar-refractivity contribution in [1.29, 1.82) is 0 Å². The first-order valence-electron chi connectivity index (χ1n) is 10.0. The first-order chi connectivity index (χ1) is 15.7. The van der Waals surface area contributed by atoms with E-state index in [1.807, 2.05) is 95.7 Å². The molecule has 6 heteroatoms. The van der Waals surface area contributed by atoms with Gasteiger partial charge in [0.15, 0.2) is 0 Å². The van der Waals surface area contributed by atoms with Gasteiger partial charge in [-0.15, -0.1) is 22.7 Å². The van der Waals surface area contributed by atoms with E-state index < -0.39 is 0 Å². The molecule has 2 N–H and O–H groups in total. The van der Waals surface area contributed by atoms with Crippen LogP contribution in [-0.2, 0) is 9.59 Å². The molecule has 0 unspecified atom stereocenters. The van der Waals surface area contributed by atoms with Gasteiger partial charge in [-0.25, -0.2) is 0 Å². The van der Waals surface area contributed by atoms with Crippen LogP contribution in [-0.4, -0.2) is 11.8 Å². The zero-order valence-electron chi connectivity index (χ0n) is 16.9. The Bertz CT molecular complexity index is 1240. The minimum Gasteiger partial charge on any atom is -0.321 e. The van der Waals surface area contributed by atoms with Crippen molar-refractivity contribution in [1.82, 2.24) is 0 Å². The SMILES string of the molecule is O=C1Nc2ccccc2C1=Cc1cccs1.O=C1Nc2ccccc2C1=Cc1cccs1. The fourth-order valence-electron chi connectivity index (χ4n) is 3.60. The van der Waals surface area contributed by atoms with E-state index in [-0.39, 0.29) is 11.8 Å². The highest BCUT2D eigenvalue weighted by Crippen LogP contribution is 2.34. The molecule has 6 rings (SSSR count). The summed E-state index contributed by atoms with van der Waals surface area (Å²) in [5.74, 6) is -0.0378. The van der Waals surface area contributed by atoms with E-state index >= 15 is 0 Å². The molecule has 0 bridgehead atoms. The molecule has 0 saturated heterocycles. The molecule has 0 aliphatic carbocycles. The Morgan fingerprint density at radius 2 is 1.00 bits per heavy atom. The highest BCUT2D eigenvalue weighted by atomic mass is 32.1. The van der Waals surface area contributed by atoms with Crippen LogP contribution < -0.4 is 10.6 Å². The number of fused-ring (bicyclic) bond motifs is 2. The Labute approximate surface area is 193 Å². The van der Waals surface area contributed by atoms with Gasteiger partial charge in [-0.3, -0.25) is 9.59 Å². The molecule has 2 amide bonds. The number of rotatable bonds is 2. The molecule has 0 saturated carbocycles. The van der Waals surface area contributed by atoms with Crippen molar-refractivity contribution < 1.29 is 9.59 Å². The molecule has 4 nitrogen and oxygen atoms in total. The highest BCUT2D eigenvalue weighted by Gasteiger charge is 2.24. The largest absolute Gasteiger partial charge is 0.321 e. The van der Waals surface area contributed by atoms with Crippen molar-refractivity contribution in [3.63, 3.8) is 0 Å². The molecule has 0 atom stereocenters. The topological polar surface area (TPSA) is 58.2 Å². The van der Waals surface area contributed by atoms with Crippen molar-refractivity contribution in [2.75, 3.05) is 10.6 Å². The van der Waals surface area contributed by atoms with Crippen molar-refractivity contribution >= 4 is 69.2 Å². The van der Waals surface area contributed by atoms with Crippen LogP contribution in [0.4, 0.5) is 11.4 Å². The number of nitrogens with one attached hydrogen (secondary N) is 2. The van der Waals surface area contributed by atoms with Crippen LogP contribution in [0.25, 0.3) is 23.3 Å². The van der Waals surface area contributed by atoms with Crippen LogP contribution in [0.2, 0.25) is 0 Å². The summed E-state index contributed by atoms with van der Waals surface area (Å²) in [5.41, 5.74) is 5.27. The molecule has 4 heterocycles. The van der Waals surface area contributed by atoms with Gasteiger partial charge >= 0.3 is 0 Å². The maximum atomic E-state index is 11.8. The number of carbonyl (C=O) groups excluding carboxylic acids is 2. The Kier molecular flexibility index (Phi) is 5.54. The summed E-state index contributed by atoms with van der Waals surface area (Å²) < 4.78 is 0. The summed E-state index contributed by atoms with van der Waals surface area (Å²) in [5, 5.41) is 9.72. The minimum atomic E-state index is -0.0189. The Morgan fingerprint density at radius 3 is 1.41 bits per heavy atom. The molecule has 2 aromatic carbocycles. The molecular formula is C26H18N2O2S2. The lowest BCUT2D eigenvalue weighted by Gasteiger charge is -1.95. The predicted molar refractivity (Wildman–Crippen MR) is 135 cm³/mol. The number of benzene rings is 2. The second kappa shape index (κ2) is 8.78. The van der Waals surface area contributed by atoms with Gasteiger partial charge in [0.25, 0.3) is 11.8 Å². The van der Waals surface area contributed by atoms with Crippen LogP contribution in [0.5, 0.6) is 0 Å². The molecule has 2 aliphatic heterocycles. The van der Waals surface area contributed by atoms with Crippen molar-refractivity contribution in [2.45, 2.75) is 0 Å². The van der Waals surface area contributed by atoms with E-state index in [4.69, 9.17) is 0 Å². The molecule has 0 fully saturated rings. The van der Waals surface area contributed by atoms with Crippen molar-refractivity contribution in [3.8, 4) is 0 Å². The third kappa shape index (κ3) is 4.06. The van der Waals surface area contributed by atoms with Crippen LogP contribution in [0.1, 0.15) is 20.9 Å². The van der Waals surface area contributed by atoms with Crippen LogP contribution >= 0.6 is 22.7 Å². The Balaban J connectivity index is 0.000000135. The fourth-order valence-corrected chi connectivity index (χ4v) is 4.91. The quantitative estimate of drug-likeness (QED) is 0.341. The van der Waals surface area contributed by atoms with Crippen molar-refractivity contribution in [3.05, 3.63) is 104 Å². The minimum absolute atomic E-state index is 0.0189. The standard InChI is InChI=1S/2C13H9NOS/c2*15-13-11(8-9-4-3-7-16-9)10-5-1-2-6-12(10)14-13/h2*1-8H,(H,14,15). The first kappa shape index (κ1) is 20.2. The van der Waals surface area contributed by atoms with E-state index in [2.05, 4.69) is 10.6 Å². The number of carbonyl (C=O) groups is 2. The van der Waals surface area contributed by atoms with Crippen molar-refractivity contribution in [2.24, 2.45) is 0 Å². The monoisotopic (exact) mass is 454 g/mol. The Hall–Kier alpha value is -3.74. The van der Waals surface area contributed by atoms with E-state index in [0.29, 0.717) is 0 Å². The summed E-state index contributed by atoms with van der Waals surface area (Å²) >= 11 is 3.26. The lowest BCUT2D eigenvalue weighted by molar-refractivity contribution is -0.111. The molecule has 2 aromatic heterocycles. The van der Waals surface area contributed by atoms with Gasteiger partial charge in [0.2, 0.25) is 0 Å². The van der Waals surface area contributed by atoms with Gasteiger partial charge in [-0.05, 0) is 47.2 Å². The van der Waals surface area contributed by atoms with Crippen LogP contribution in [0.15, 0.2) is 83.6 Å². The van der Waals surface area contributed by atoms with Crippen LogP contribution in [0, 0.1) is 0 Å². The van der Waals surface area contributed by atoms with Gasteiger partial charge in [-0.2, -0.15) is 0 Å². The van der Waals surface area contributed by atoms with Gasteiger partial charge < -0.3 is 10.6 Å². The maximum Gasteiger partial charge on any atom is 0.256 e. The third-order valence-electron chi connectivity index (χ3n) is 5.08. The number of amides is 2. The summed E-state index contributed by atoms with van der Waals surface area (Å²) in [7, 11) is 0. The molecule has 0 spiro atoms. The van der Waals surface area contributed by atoms with E-state index in [1.165, 1.54) is 0 Å². The van der Waals surface area contributed by atoms with Gasteiger partial charge in [0.1, 0.15) is 0 Å². The molecule has 156 valence electrons. The zero-order chi connectivity index (χ0) is 21.9. The summed E-state index contributed by atoms with van der Waals surface area (Å²) in [6, 6.07) is 23.5. The highest BCUT2D eigenvalue weighted by molar-refractivity contribution is 7.11. The molecule has 32 heavy (non-hydrogen) atoms. The normalized spacial score (nSPS) is 16.2. The second-order valence-electron chi connectivity index (χ2n) is 7.15. The maximum absolute atomic E-state index is 11.8. The third-order valence-corrected chi connectivity index (χ3v) is 6.72. The van der Waals surface area contributed by atoms with E-state index in [9.17, 15) is 9.59 Å². The molecule has 0 radical (unpaired) electrons. The summed E-state index contributed by atoms with van der Waals surface area (Å²) in [4.78, 5) is 25.8. The van der Waals surface area contributed by atoms with Gasteiger partial charge in [-0.1, -0.05) is 48.5 Å². The number of hydrogen-bond acceptors (Lipinski definition) is 4. The predicted octanol–water partition coefficient (Wildman–Crippen LogP) is 6.48. The fraction of sp³-hybridized carbons (Fsp3) is 0. The second-order valence-corrected chi connectivity index (χ2v) is 9.10. The zero-order valence-corrected chi connectivity index (χ0v) is 18.5.